The van der Waals surface area contributed by atoms with Crippen molar-refractivity contribution in [2.75, 3.05) is 26.7 Å². The van der Waals surface area contributed by atoms with Crippen LogP contribution in [-0.2, 0) is 10.2 Å². The van der Waals surface area contributed by atoms with Crippen LogP contribution in [0, 0.1) is 5.92 Å². The van der Waals surface area contributed by atoms with Gasteiger partial charge in [-0.1, -0.05) is 49.6 Å². The Morgan fingerprint density at radius 2 is 1.96 bits per heavy atom. The van der Waals surface area contributed by atoms with Crippen molar-refractivity contribution in [1.82, 2.24) is 10.2 Å². The van der Waals surface area contributed by atoms with Gasteiger partial charge < -0.3 is 15.3 Å². The molecule has 2 fully saturated rings. The first kappa shape index (κ1) is 17.4. The summed E-state index contributed by atoms with van der Waals surface area (Å²) in [5, 5.41) is 13.4. The maximum atomic E-state index is 12.7. The summed E-state index contributed by atoms with van der Waals surface area (Å²) in [5.74, 6) is -0.296. The van der Waals surface area contributed by atoms with Crippen molar-refractivity contribution in [3.63, 3.8) is 0 Å². The summed E-state index contributed by atoms with van der Waals surface area (Å²) in [5.41, 5.74) is 1.40. The van der Waals surface area contributed by atoms with Crippen molar-refractivity contribution < 1.29 is 9.90 Å². The molecular formula is C20H30N2O2. The van der Waals surface area contributed by atoms with Gasteiger partial charge in [-0.3, -0.25) is 4.79 Å². The second-order valence-corrected chi connectivity index (χ2v) is 7.65. The Morgan fingerprint density at radius 3 is 2.67 bits per heavy atom. The molecule has 4 nitrogen and oxygen atoms in total. The Labute approximate surface area is 145 Å². The first-order valence-corrected chi connectivity index (χ1v) is 9.31. The summed E-state index contributed by atoms with van der Waals surface area (Å²) < 4.78 is 0. The normalized spacial score (nSPS) is 27.6. The molecule has 0 spiro atoms. The number of aliphatic hydroxyl groups excluding tert-OH is 1. The molecule has 2 atom stereocenters. The molecule has 1 aromatic carbocycles. The van der Waals surface area contributed by atoms with E-state index in [4.69, 9.17) is 0 Å². The van der Waals surface area contributed by atoms with E-state index in [0.717, 1.165) is 19.4 Å². The molecule has 1 aliphatic carbocycles. The maximum Gasteiger partial charge on any atom is 0.227 e. The lowest BCUT2D eigenvalue weighted by molar-refractivity contribution is -0.131. The average Bonchev–Trinajstić information content (AvgIpc) is 2.63. The molecule has 3 rings (SSSR count). The van der Waals surface area contributed by atoms with Gasteiger partial charge in [-0.05, 0) is 31.9 Å². The average molecular weight is 330 g/mol. The first-order valence-electron chi connectivity index (χ1n) is 9.31. The van der Waals surface area contributed by atoms with Gasteiger partial charge in [-0.2, -0.15) is 0 Å². The van der Waals surface area contributed by atoms with Crippen LogP contribution in [-0.4, -0.2) is 48.7 Å². The number of likely N-dealkylation sites (tertiary alicyclic amines) is 1. The third-order valence-electron chi connectivity index (χ3n) is 5.91. The van der Waals surface area contributed by atoms with Crippen LogP contribution in [0.2, 0.25) is 0 Å². The molecule has 0 bridgehead atoms. The molecule has 1 aliphatic heterocycles. The minimum atomic E-state index is -0.514. The third-order valence-corrected chi connectivity index (χ3v) is 5.91. The molecule has 4 heteroatoms. The second-order valence-electron chi connectivity index (χ2n) is 7.65. The zero-order chi connectivity index (χ0) is 17.0. The van der Waals surface area contributed by atoms with Gasteiger partial charge in [0.05, 0.1) is 12.0 Å². The number of amides is 1. The molecule has 1 saturated heterocycles. The summed E-state index contributed by atoms with van der Waals surface area (Å²) >= 11 is 0. The van der Waals surface area contributed by atoms with Crippen molar-refractivity contribution in [2.45, 2.75) is 50.0 Å². The zero-order valence-corrected chi connectivity index (χ0v) is 14.7. The van der Waals surface area contributed by atoms with Gasteiger partial charge in [0.1, 0.15) is 0 Å². The van der Waals surface area contributed by atoms with Crippen LogP contribution in [0.5, 0.6) is 0 Å². The Morgan fingerprint density at radius 1 is 1.25 bits per heavy atom. The van der Waals surface area contributed by atoms with Crippen LogP contribution in [0.25, 0.3) is 0 Å². The van der Waals surface area contributed by atoms with Crippen LogP contribution < -0.4 is 5.32 Å². The van der Waals surface area contributed by atoms with Crippen LogP contribution in [0.3, 0.4) is 0 Å². The number of rotatable bonds is 4. The molecule has 1 saturated carbocycles. The van der Waals surface area contributed by atoms with E-state index < -0.39 is 6.10 Å². The molecule has 1 amide bonds. The molecule has 24 heavy (non-hydrogen) atoms. The van der Waals surface area contributed by atoms with Crippen LogP contribution in [0.15, 0.2) is 30.3 Å². The van der Waals surface area contributed by atoms with Crippen molar-refractivity contribution >= 4 is 5.91 Å². The van der Waals surface area contributed by atoms with Crippen molar-refractivity contribution in [2.24, 2.45) is 5.92 Å². The van der Waals surface area contributed by atoms with E-state index in [-0.39, 0.29) is 17.2 Å². The number of hydrogen-bond acceptors (Lipinski definition) is 3. The minimum absolute atomic E-state index is 0.00919. The zero-order valence-electron chi connectivity index (χ0n) is 14.7. The minimum Gasteiger partial charge on any atom is -0.392 e. The Balaban J connectivity index is 1.68. The highest BCUT2D eigenvalue weighted by atomic mass is 16.3. The van der Waals surface area contributed by atoms with Gasteiger partial charge in [0.15, 0.2) is 0 Å². The smallest absolute Gasteiger partial charge is 0.227 e. The lowest BCUT2D eigenvalue weighted by atomic mass is 9.69. The van der Waals surface area contributed by atoms with Crippen molar-refractivity contribution in [3.8, 4) is 0 Å². The molecule has 132 valence electrons. The van der Waals surface area contributed by atoms with Crippen LogP contribution >= 0.6 is 0 Å². The van der Waals surface area contributed by atoms with Crippen LogP contribution in [0.1, 0.15) is 44.1 Å². The third kappa shape index (κ3) is 3.81. The van der Waals surface area contributed by atoms with Gasteiger partial charge in [0, 0.05) is 25.0 Å². The fraction of sp³-hybridized carbons (Fsp3) is 0.650. The van der Waals surface area contributed by atoms with Gasteiger partial charge in [-0.15, -0.1) is 0 Å². The van der Waals surface area contributed by atoms with Gasteiger partial charge >= 0.3 is 0 Å². The topological polar surface area (TPSA) is 52.6 Å². The van der Waals surface area contributed by atoms with Gasteiger partial charge in [0.2, 0.25) is 5.91 Å². The highest BCUT2D eigenvalue weighted by molar-refractivity contribution is 5.79. The fourth-order valence-corrected chi connectivity index (χ4v) is 4.34. The Hall–Kier alpha value is -1.39. The molecule has 1 heterocycles. The van der Waals surface area contributed by atoms with E-state index in [1.807, 2.05) is 13.1 Å². The number of benzene rings is 1. The van der Waals surface area contributed by atoms with Crippen molar-refractivity contribution in [1.29, 1.82) is 0 Å². The maximum absolute atomic E-state index is 12.7. The Bertz CT molecular complexity index is 540. The van der Waals surface area contributed by atoms with E-state index in [1.54, 1.807) is 0 Å². The number of piperidine rings is 1. The molecule has 0 aromatic heterocycles. The lowest BCUT2D eigenvalue weighted by Gasteiger charge is -2.39. The predicted octanol–water partition coefficient (Wildman–Crippen LogP) is 2.32. The number of aliphatic hydroxyl groups is 1. The largest absolute Gasteiger partial charge is 0.392 e. The lowest BCUT2D eigenvalue weighted by Crippen LogP contribution is -2.51. The summed E-state index contributed by atoms with van der Waals surface area (Å²) in [7, 11) is 2.01. The van der Waals surface area contributed by atoms with E-state index in [2.05, 4.69) is 34.5 Å². The fourth-order valence-electron chi connectivity index (χ4n) is 4.34. The van der Waals surface area contributed by atoms with Crippen molar-refractivity contribution in [3.05, 3.63) is 35.9 Å². The molecule has 0 radical (unpaired) electrons. The highest BCUT2D eigenvalue weighted by Crippen LogP contribution is 2.39. The Kier molecular flexibility index (Phi) is 5.57. The van der Waals surface area contributed by atoms with Gasteiger partial charge in [-0.25, -0.2) is 0 Å². The number of hydrogen-bond donors (Lipinski definition) is 2. The van der Waals surface area contributed by atoms with E-state index in [0.29, 0.717) is 19.5 Å². The first-order chi connectivity index (χ1) is 11.6. The summed E-state index contributed by atoms with van der Waals surface area (Å²) in [4.78, 5) is 14.8. The molecule has 2 N–H and O–H groups in total. The van der Waals surface area contributed by atoms with E-state index in [1.165, 1.54) is 24.8 Å². The quantitative estimate of drug-likeness (QED) is 0.891. The standard InChI is InChI=1S/C20H30N2O2/c1-22-13-10-18(23)17(14-22)19(24)21-15-20(11-6-3-7-12-20)16-8-4-2-5-9-16/h2,4-5,8-9,17-18,23H,3,6-7,10-15H2,1H3,(H,21,24)/t17-,18-/m1/s1. The monoisotopic (exact) mass is 330 g/mol. The molecular weight excluding hydrogens is 300 g/mol. The highest BCUT2D eigenvalue weighted by Gasteiger charge is 2.36. The summed E-state index contributed by atoms with van der Waals surface area (Å²) in [6.45, 7) is 2.19. The molecule has 0 unspecified atom stereocenters. The van der Waals surface area contributed by atoms with E-state index >= 15 is 0 Å². The van der Waals surface area contributed by atoms with Gasteiger partial charge in [0.25, 0.3) is 0 Å². The SMILES string of the molecule is CN1CC[C@@H](O)[C@H](C(=O)NCC2(c3ccccc3)CCCCC2)C1. The van der Waals surface area contributed by atoms with Crippen LogP contribution in [0.4, 0.5) is 0 Å². The predicted molar refractivity (Wildman–Crippen MR) is 95.8 cm³/mol. The summed E-state index contributed by atoms with van der Waals surface area (Å²) in [6.07, 6.45) is 6.15. The number of carbonyl (C=O) groups excluding carboxylic acids is 1. The molecule has 1 aromatic rings. The number of carbonyl (C=O) groups is 1. The number of nitrogens with zero attached hydrogens (tertiary/aromatic N) is 1. The van der Waals surface area contributed by atoms with E-state index in [9.17, 15) is 9.90 Å². The second kappa shape index (κ2) is 7.66. The number of nitrogens with one attached hydrogen (secondary N) is 1. The molecule has 2 aliphatic rings. The summed E-state index contributed by atoms with van der Waals surface area (Å²) in [6, 6.07) is 10.6.